The van der Waals surface area contributed by atoms with Gasteiger partial charge in [-0.05, 0) is 12.1 Å². The van der Waals surface area contributed by atoms with Crippen LogP contribution in [-0.2, 0) is 9.53 Å². The van der Waals surface area contributed by atoms with Crippen molar-refractivity contribution in [3.8, 4) is 6.07 Å². The Hall–Kier alpha value is -2.13. The summed E-state index contributed by atoms with van der Waals surface area (Å²) >= 11 is 0. The van der Waals surface area contributed by atoms with E-state index in [9.17, 15) is 4.79 Å². The summed E-state index contributed by atoms with van der Waals surface area (Å²) in [5.74, 6) is 0.826. The Morgan fingerprint density at radius 2 is 2.20 bits per heavy atom. The third-order valence-corrected chi connectivity index (χ3v) is 3.36. The molecule has 106 valence electrons. The molecule has 0 saturated carbocycles. The van der Waals surface area contributed by atoms with Gasteiger partial charge in [-0.25, -0.2) is 4.98 Å². The van der Waals surface area contributed by atoms with Crippen molar-refractivity contribution in [1.82, 2.24) is 9.88 Å². The molecule has 0 unspecified atom stereocenters. The van der Waals surface area contributed by atoms with Gasteiger partial charge in [0, 0.05) is 39.5 Å². The lowest BCUT2D eigenvalue weighted by molar-refractivity contribution is -0.132. The molecule has 0 atom stereocenters. The summed E-state index contributed by atoms with van der Waals surface area (Å²) in [6, 6.07) is 5.67. The van der Waals surface area contributed by atoms with Gasteiger partial charge in [-0.1, -0.05) is 0 Å². The quantitative estimate of drug-likeness (QED) is 0.806. The van der Waals surface area contributed by atoms with Crippen molar-refractivity contribution in [1.29, 1.82) is 5.26 Å². The van der Waals surface area contributed by atoms with Crippen molar-refractivity contribution in [2.45, 2.75) is 6.42 Å². The summed E-state index contributed by atoms with van der Waals surface area (Å²) in [6.45, 7) is 3.17. The van der Waals surface area contributed by atoms with E-state index in [4.69, 9.17) is 10.00 Å². The van der Waals surface area contributed by atoms with Crippen molar-refractivity contribution >= 4 is 11.7 Å². The number of methoxy groups -OCH3 is 1. The molecule has 0 radical (unpaired) electrons. The zero-order chi connectivity index (χ0) is 14.4. The Kier molecular flexibility index (Phi) is 4.91. The number of hydrogen-bond donors (Lipinski definition) is 0. The van der Waals surface area contributed by atoms with Crippen LogP contribution in [0.4, 0.5) is 5.82 Å². The van der Waals surface area contributed by atoms with E-state index in [1.807, 2.05) is 4.90 Å². The third kappa shape index (κ3) is 3.25. The van der Waals surface area contributed by atoms with E-state index in [2.05, 4.69) is 16.0 Å². The fourth-order valence-electron chi connectivity index (χ4n) is 2.25. The molecule has 0 bridgehead atoms. The van der Waals surface area contributed by atoms with Gasteiger partial charge in [0.15, 0.2) is 0 Å². The maximum Gasteiger partial charge on any atom is 0.225 e. The van der Waals surface area contributed by atoms with Crippen LogP contribution in [0.2, 0.25) is 0 Å². The van der Waals surface area contributed by atoms with Crippen molar-refractivity contribution in [2.75, 3.05) is 44.8 Å². The lowest BCUT2D eigenvalue weighted by atomic mass is 10.2. The number of nitriles is 1. The molecule has 0 aromatic carbocycles. The molecule has 0 spiro atoms. The smallest absolute Gasteiger partial charge is 0.225 e. The number of rotatable bonds is 4. The number of piperazine rings is 1. The highest BCUT2D eigenvalue weighted by molar-refractivity contribution is 5.76. The maximum atomic E-state index is 11.9. The van der Waals surface area contributed by atoms with Crippen LogP contribution >= 0.6 is 0 Å². The summed E-state index contributed by atoms with van der Waals surface area (Å²) in [7, 11) is 1.59. The molecule has 1 aliphatic rings. The number of carbonyl (C=O) groups excluding carboxylic acids is 1. The number of nitrogens with zero attached hydrogens (tertiary/aromatic N) is 4. The van der Waals surface area contributed by atoms with Crippen LogP contribution < -0.4 is 4.90 Å². The minimum atomic E-state index is 0.119. The lowest BCUT2D eigenvalue weighted by Crippen LogP contribution is -2.49. The van der Waals surface area contributed by atoms with Crippen molar-refractivity contribution in [3.05, 3.63) is 23.9 Å². The van der Waals surface area contributed by atoms with Crippen LogP contribution in [0, 0.1) is 11.3 Å². The van der Waals surface area contributed by atoms with Crippen LogP contribution in [0.3, 0.4) is 0 Å². The standard InChI is InChI=1S/C14H18N4O2/c1-20-10-4-13(19)17-6-8-18(9-7-17)14-12(11-15)3-2-5-16-14/h2-3,5H,4,6-10H2,1H3. The minimum absolute atomic E-state index is 0.119. The third-order valence-electron chi connectivity index (χ3n) is 3.36. The molecule has 1 saturated heterocycles. The SMILES string of the molecule is COCCC(=O)N1CCN(c2ncccc2C#N)CC1. The average Bonchev–Trinajstić information content (AvgIpc) is 2.52. The van der Waals surface area contributed by atoms with E-state index < -0.39 is 0 Å². The number of amides is 1. The highest BCUT2D eigenvalue weighted by Gasteiger charge is 2.22. The second-order valence-corrected chi connectivity index (χ2v) is 4.60. The van der Waals surface area contributed by atoms with E-state index >= 15 is 0 Å². The second-order valence-electron chi connectivity index (χ2n) is 4.60. The topological polar surface area (TPSA) is 69.5 Å². The van der Waals surface area contributed by atoms with E-state index in [1.54, 1.807) is 25.4 Å². The van der Waals surface area contributed by atoms with Gasteiger partial charge in [-0.3, -0.25) is 4.79 Å². The summed E-state index contributed by atoms with van der Waals surface area (Å²) in [5, 5.41) is 9.09. The van der Waals surface area contributed by atoms with Crippen LogP contribution in [0.1, 0.15) is 12.0 Å². The molecule has 20 heavy (non-hydrogen) atoms. The second kappa shape index (κ2) is 6.87. The minimum Gasteiger partial charge on any atom is -0.384 e. The van der Waals surface area contributed by atoms with Crippen LogP contribution in [0.5, 0.6) is 0 Å². The first-order valence-electron chi connectivity index (χ1n) is 6.63. The van der Waals surface area contributed by atoms with Gasteiger partial charge in [0.2, 0.25) is 5.91 Å². The van der Waals surface area contributed by atoms with E-state index in [0.29, 0.717) is 50.6 Å². The maximum absolute atomic E-state index is 11.9. The fourth-order valence-corrected chi connectivity index (χ4v) is 2.25. The van der Waals surface area contributed by atoms with E-state index in [0.717, 1.165) is 0 Å². The van der Waals surface area contributed by atoms with Gasteiger partial charge in [0.1, 0.15) is 11.9 Å². The molecular weight excluding hydrogens is 256 g/mol. The molecule has 6 nitrogen and oxygen atoms in total. The first kappa shape index (κ1) is 14.3. The van der Waals surface area contributed by atoms with E-state index in [-0.39, 0.29) is 5.91 Å². The summed E-state index contributed by atoms with van der Waals surface area (Å²) in [5.41, 5.74) is 0.576. The first-order valence-corrected chi connectivity index (χ1v) is 6.63. The number of carbonyl (C=O) groups is 1. The molecule has 1 amide bonds. The Balaban J connectivity index is 1.94. The molecule has 1 aromatic rings. The van der Waals surface area contributed by atoms with Crippen molar-refractivity contribution in [2.24, 2.45) is 0 Å². The summed E-state index contributed by atoms with van der Waals surface area (Å²) in [4.78, 5) is 20.0. The largest absolute Gasteiger partial charge is 0.384 e. The van der Waals surface area contributed by atoms with Gasteiger partial charge in [-0.15, -0.1) is 0 Å². The van der Waals surface area contributed by atoms with Crippen LogP contribution in [0.25, 0.3) is 0 Å². The lowest BCUT2D eigenvalue weighted by Gasteiger charge is -2.35. The number of aromatic nitrogens is 1. The average molecular weight is 274 g/mol. The molecule has 1 fully saturated rings. The number of anilines is 1. The predicted molar refractivity (Wildman–Crippen MR) is 74.2 cm³/mol. The van der Waals surface area contributed by atoms with Gasteiger partial charge < -0.3 is 14.5 Å². The molecular formula is C14H18N4O2. The zero-order valence-electron chi connectivity index (χ0n) is 11.6. The van der Waals surface area contributed by atoms with Gasteiger partial charge in [0.05, 0.1) is 18.6 Å². The molecule has 2 heterocycles. The molecule has 0 aliphatic carbocycles. The monoisotopic (exact) mass is 274 g/mol. The predicted octanol–water partition coefficient (Wildman–Crippen LogP) is 0.638. The Morgan fingerprint density at radius 3 is 2.85 bits per heavy atom. The van der Waals surface area contributed by atoms with Crippen molar-refractivity contribution in [3.63, 3.8) is 0 Å². The summed E-state index contributed by atoms with van der Waals surface area (Å²) < 4.78 is 4.92. The Bertz CT molecular complexity index is 504. The Morgan fingerprint density at radius 1 is 1.45 bits per heavy atom. The first-order chi connectivity index (χ1) is 9.76. The Labute approximate surface area is 118 Å². The number of ether oxygens (including phenoxy) is 1. The summed E-state index contributed by atoms with van der Waals surface area (Å²) in [6.07, 6.45) is 2.11. The van der Waals surface area contributed by atoms with Crippen LogP contribution in [0.15, 0.2) is 18.3 Å². The van der Waals surface area contributed by atoms with Gasteiger partial charge >= 0.3 is 0 Å². The number of pyridine rings is 1. The molecule has 1 aliphatic heterocycles. The zero-order valence-corrected chi connectivity index (χ0v) is 11.6. The molecule has 6 heteroatoms. The van der Waals surface area contributed by atoms with Gasteiger partial charge in [0.25, 0.3) is 0 Å². The molecule has 1 aromatic heterocycles. The molecule has 0 N–H and O–H groups in total. The van der Waals surface area contributed by atoms with Crippen LogP contribution in [-0.4, -0.2) is 55.7 Å². The normalized spacial score (nSPS) is 15.0. The number of hydrogen-bond acceptors (Lipinski definition) is 5. The van der Waals surface area contributed by atoms with Gasteiger partial charge in [-0.2, -0.15) is 5.26 Å². The fraction of sp³-hybridized carbons (Fsp3) is 0.500. The van der Waals surface area contributed by atoms with Crippen molar-refractivity contribution < 1.29 is 9.53 Å². The highest BCUT2D eigenvalue weighted by Crippen LogP contribution is 2.18. The molecule has 2 rings (SSSR count). The van der Waals surface area contributed by atoms with E-state index in [1.165, 1.54) is 0 Å². The highest BCUT2D eigenvalue weighted by atomic mass is 16.5.